The van der Waals surface area contributed by atoms with Crippen LogP contribution in [0.1, 0.15) is 59.8 Å². The predicted octanol–water partition coefficient (Wildman–Crippen LogP) is 3.86. The summed E-state index contributed by atoms with van der Waals surface area (Å²) >= 11 is 0. The van der Waals surface area contributed by atoms with Gasteiger partial charge in [0.1, 0.15) is 0 Å². The normalized spacial score (nSPS) is 18.5. The summed E-state index contributed by atoms with van der Waals surface area (Å²) in [5.74, 6) is 1.64. The van der Waals surface area contributed by atoms with E-state index in [0.717, 1.165) is 31.6 Å². The molecule has 1 fully saturated rings. The molecule has 2 heteroatoms. The van der Waals surface area contributed by atoms with E-state index in [1.54, 1.807) is 0 Å². The molecule has 1 aliphatic rings. The first-order chi connectivity index (χ1) is 8.62. The van der Waals surface area contributed by atoms with Gasteiger partial charge in [0, 0.05) is 19.8 Å². The summed E-state index contributed by atoms with van der Waals surface area (Å²) < 4.78 is 5.48. The highest BCUT2D eigenvalue weighted by atomic mass is 16.5. The molecule has 1 saturated heterocycles. The van der Waals surface area contributed by atoms with Crippen molar-refractivity contribution in [2.75, 3.05) is 26.3 Å². The van der Waals surface area contributed by atoms with Crippen molar-refractivity contribution in [1.29, 1.82) is 0 Å². The van der Waals surface area contributed by atoms with E-state index in [2.05, 4.69) is 33.0 Å². The zero-order valence-corrected chi connectivity index (χ0v) is 12.9. The van der Waals surface area contributed by atoms with Crippen LogP contribution in [0, 0.1) is 17.3 Å². The maximum absolute atomic E-state index is 5.48. The van der Waals surface area contributed by atoms with Crippen molar-refractivity contribution < 1.29 is 4.74 Å². The molecule has 2 nitrogen and oxygen atoms in total. The minimum absolute atomic E-state index is 0.511. The highest BCUT2D eigenvalue weighted by molar-refractivity contribution is 4.83. The molecule has 0 radical (unpaired) electrons. The van der Waals surface area contributed by atoms with E-state index in [1.807, 2.05) is 0 Å². The van der Waals surface area contributed by atoms with Crippen molar-refractivity contribution >= 4 is 0 Å². The van der Waals surface area contributed by atoms with Gasteiger partial charge in [-0.05, 0) is 55.9 Å². The van der Waals surface area contributed by atoms with Crippen LogP contribution in [0.3, 0.4) is 0 Å². The molecule has 0 atom stereocenters. The molecule has 0 saturated carbocycles. The topological polar surface area (TPSA) is 21.3 Å². The molecular weight excluding hydrogens is 222 g/mol. The van der Waals surface area contributed by atoms with Crippen LogP contribution >= 0.6 is 0 Å². The van der Waals surface area contributed by atoms with E-state index >= 15 is 0 Å². The highest BCUT2D eigenvalue weighted by Gasteiger charge is 2.30. The molecule has 0 aliphatic carbocycles. The second-order valence-electron chi connectivity index (χ2n) is 6.49. The molecule has 1 aliphatic heterocycles. The Kier molecular flexibility index (Phi) is 7.25. The number of hydrogen-bond acceptors (Lipinski definition) is 2. The largest absolute Gasteiger partial charge is 0.381 e. The maximum atomic E-state index is 5.48. The summed E-state index contributed by atoms with van der Waals surface area (Å²) in [5, 5.41) is 3.69. The standard InChI is InChI=1S/C16H33NO/c1-5-16(6-2,13-17-12-14(3)4)11-15-7-9-18-10-8-15/h14-15,17H,5-13H2,1-4H3. The Balaban J connectivity index is 2.44. The summed E-state index contributed by atoms with van der Waals surface area (Å²) in [7, 11) is 0. The van der Waals surface area contributed by atoms with Gasteiger partial charge in [-0.2, -0.15) is 0 Å². The summed E-state index contributed by atoms with van der Waals surface area (Å²) in [6.45, 7) is 13.6. The molecule has 1 rings (SSSR count). The second-order valence-corrected chi connectivity index (χ2v) is 6.49. The van der Waals surface area contributed by atoms with Crippen LogP contribution in [0.4, 0.5) is 0 Å². The molecule has 0 aromatic rings. The Labute approximate surface area is 114 Å². The Morgan fingerprint density at radius 1 is 1.17 bits per heavy atom. The highest BCUT2D eigenvalue weighted by Crippen LogP contribution is 2.36. The van der Waals surface area contributed by atoms with Crippen LogP contribution in [0.25, 0.3) is 0 Å². The third-order valence-electron chi connectivity index (χ3n) is 4.62. The van der Waals surface area contributed by atoms with Crippen LogP contribution < -0.4 is 5.32 Å². The molecule has 18 heavy (non-hydrogen) atoms. The van der Waals surface area contributed by atoms with E-state index in [-0.39, 0.29) is 0 Å². The molecule has 1 N–H and O–H groups in total. The smallest absolute Gasteiger partial charge is 0.0468 e. The molecule has 0 unspecified atom stereocenters. The Bertz CT molecular complexity index is 205. The second kappa shape index (κ2) is 8.16. The van der Waals surface area contributed by atoms with Crippen molar-refractivity contribution in [3.05, 3.63) is 0 Å². The lowest BCUT2D eigenvalue weighted by Gasteiger charge is -2.37. The van der Waals surface area contributed by atoms with Crippen LogP contribution in [0.2, 0.25) is 0 Å². The SMILES string of the molecule is CCC(CC)(CNCC(C)C)CC1CCOCC1. The third-order valence-corrected chi connectivity index (χ3v) is 4.62. The van der Waals surface area contributed by atoms with Crippen LogP contribution in [0.15, 0.2) is 0 Å². The van der Waals surface area contributed by atoms with E-state index in [4.69, 9.17) is 4.74 Å². The Morgan fingerprint density at radius 3 is 2.28 bits per heavy atom. The first kappa shape index (κ1) is 16.0. The van der Waals surface area contributed by atoms with Gasteiger partial charge in [0.2, 0.25) is 0 Å². The lowest BCUT2D eigenvalue weighted by atomic mass is 9.73. The van der Waals surface area contributed by atoms with Gasteiger partial charge in [0.05, 0.1) is 0 Å². The van der Waals surface area contributed by atoms with E-state index < -0.39 is 0 Å². The minimum Gasteiger partial charge on any atom is -0.381 e. The number of nitrogens with one attached hydrogen (secondary N) is 1. The molecular formula is C16H33NO. The van der Waals surface area contributed by atoms with Crippen LogP contribution in [0.5, 0.6) is 0 Å². The fourth-order valence-electron chi connectivity index (χ4n) is 3.05. The van der Waals surface area contributed by atoms with Gasteiger partial charge in [0.25, 0.3) is 0 Å². The van der Waals surface area contributed by atoms with Crippen LogP contribution in [-0.2, 0) is 4.74 Å². The summed E-state index contributed by atoms with van der Waals surface area (Å²) in [4.78, 5) is 0. The molecule has 0 amide bonds. The number of rotatable bonds is 8. The van der Waals surface area contributed by atoms with Crippen molar-refractivity contribution in [3.63, 3.8) is 0 Å². The van der Waals surface area contributed by atoms with Gasteiger partial charge >= 0.3 is 0 Å². The summed E-state index contributed by atoms with van der Waals surface area (Å²) in [6, 6.07) is 0. The molecule has 0 aromatic carbocycles. The van der Waals surface area contributed by atoms with Gasteiger partial charge in [-0.3, -0.25) is 0 Å². The Morgan fingerprint density at radius 2 is 1.78 bits per heavy atom. The van der Waals surface area contributed by atoms with Crippen LogP contribution in [-0.4, -0.2) is 26.3 Å². The van der Waals surface area contributed by atoms with Crippen molar-refractivity contribution in [2.45, 2.75) is 59.8 Å². The van der Waals surface area contributed by atoms with Gasteiger partial charge in [-0.25, -0.2) is 0 Å². The third kappa shape index (κ3) is 5.27. The van der Waals surface area contributed by atoms with Crippen molar-refractivity contribution in [3.8, 4) is 0 Å². The molecule has 0 aromatic heterocycles. The predicted molar refractivity (Wildman–Crippen MR) is 78.9 cm³/mol. The van der Waals surface area contributed by atoms with E-state index in [1.165, 1.54) is 38.6 Å². The first-order valence-electron chi connectivity index (χ1n) is 7.90. The maximum Gasteiger partial charge on any atom is 0.0468 e. The number of ether oxygens (including phenoxy) is 1. The fourth-order valence-corrected chi connectivity index (χ4v) is 3.05. The average Bonchev–Trinajstić information content (AvgIpc) is 2.38. The summed E-state index contributed by atoms with van der Waals surface area (Å²) in [5.41, 5.74) is 0.511. The zero-order chi connectivity index (χ0) is 13.4. The lowest BCUT2D eigenvalue weighted by molar-refractivity contribution is 0.0441. The van der Waals surface area contributed by atoms with Gasteiger partial charge < -0.3 is 10.1 Å². The molecule has 0 bridgehead atoms. The molecule has 108 valence electrons. The van der Waals surface area contributed by atoms with Gasteiger partial charge in [-0.1, -0.05) is 27.7 Å². The quantitative estimate of drug-likeness (QED) is 0.711. The molecule has 0 spiro atoms. The number of hydrogen-bond donors (Lipinski definition) is 1. The minimum atomic E-state index is 0.511. The summed E-state index contributed by atoms with van der Waals surface area (Å²) in [6.07, 6.45) is 6.52. The average molecular weight is 255 g/mol. The van der Waals surface area contributed by atoms with Gasteiger partial charge in [-0.15, -0.1) is 0 Å². The lowest BCUT2D eigenvalue weighted by Crippen LogP contribution is -2.37. The van der Waals surface area contributed by atoms with Crippen molar-refractivity contribution in [2.24, 2.45) is 17.3 Å². The van der Waals surface area contributed by atoms with E-state index in [9.17, 15) is 0 Å². The van der Waals surface area contributed by atoms with Crippen molar-refractivity contribution in [1.82, 2.24) is 5.32 Å². The fraction of sp³-hybridized carbons (Fsp3) is 1.00. The monoisotopic (exact) mass is 255 g/mol. The Hall–Kier alpha value is -0.0800. The molecule has 1 heterocycles. The van der Waals surface area contributed by atoms with E-state index in [0.29, 0.717) is 5.41 Å². The van der Waals surface area contributed by atoms with Gasteiger partial charge in [0.15, 0.2) is 0 Å². The zero-order valence-electron chi connectivity index (χ0n) is 12.9. The first-order valence-corrected chi connectivity index (χ1v) is 7.90.